The topological polar surface area (TPSA) is 75.3 Å². The van der Waals surface area contributed by atoms with Crippen LogP contribution in [0.1, 0.15) is 17.5 Å². The number of rotatable bonds is 5. The summed E-state index contributed by atoms with van der Waals surface area (Å²) >= 11 is 0. The molecule has 0 spiro atoms. The number of anilines is 2. The Labute approximate surface area is 130 Å². The molecule has 1 heterocycles. The molecular formula is C17H21N5. The number of pyridine rings is 1. The van der Waals surface area contributed by atoms with Gasteiger partial charge in [-0.1, -0.05) is 12.1 Å². The number of nitrogens with two attached hydrogens (primary N) is 1. The number of benzene rings is 1. The van der Waals surface area contributed by atoms with Gasteiger partial charge in [0, 0.05) is 18.4 Å². The Morgan fingerprint density at radius 3 is 2.95 bits per heavy atom. The molecule has 114 valence electrons. The van der Waals surface area contributed by atoms with Gasteiger partial charge in [0.1, 0.15) is 5.82 Å². The lowest BCUT2D eigenvalue weighted by molar-refractivity contribution is 0.912. The SMILES string of the molecule is NC(=NCCNc1ccccn1)Nc1ccc2c(c1)CCC2. The van der Waals surface area contributed by atoms with Gasteiger partial charge in [-0.15, -0.1) is 0 Å². The average molecular weight is 295 g/mol. The lowest BCUT2D eigenvalue weighted by Crippen LogP contribution is -2.23. The molecule has 0 aliphatic heterocycles. The molecule has 3 rings (SSSR count). The van der Waals surface area contributed by atoms with Crippen molar-refractivity contribution in [2.75, 3.05) is 23.7 Å². The quantitative estimate of drug-likeness (QED) is 0.450. The number of guanidine groups is 1. The summed E-state index contributed by atoms with van der Waals surface area (Å²) in [6.45, 7) is 1.30. The van der Waals surface area contributed by atoms with Crippen molar-refractivity contribution in [2.24, 2.45) is 10.7 Å². The van der Waals surface area contributed by atoms with Crippen molar-refractivity contribution >= 4 is 17.5 Å². The number of hydrogen-bond acceptors (Lipinski definition) is 3. The van der Waals surface area contributed by atoms with E-state index in [1.165, 1.54) is 24.0 Å². The Morgan fingerprint density at radius 2 is 2.09 bits per heavy atom. The molecule has 4 N–H and O–H groups in total. The van der Waals surface area contributed by atoms with Gasteiger partial charge in [0.15, 0.2) is 5.96 Å². The molecule has 1 aliphatic rings. The maximum Gasteiger partial charge on any atom is 0.193 e. The van der Waals surface area contributed by atoms with Gasteiger partial charge in [0.05, 0.1) is 6.54 Å². The summed E-state index contributed by atoms with van der Waals surface area (Å²) in [6.07, 6.45) is 5.37. The summed E-state index contributed by atoms with van der Waals surface area (Å²) in [6, 6.07) is 12.2. The molecule has 0 fully saturated rings. The van der Waals surface area contributed by atoms with E-state index in [1.807, 2.05) is 18.2 Å². The minimum Gasteiger partial charge on any atom is -0.370 e. The first-order valence-electron chi connectivity index (χ1n) is 7.65. The van der Waals surface area contributed by atoms with E-state index in [0.717, 1.165) is 17.9 Å². The zero-order chi connectivity index (χ0) is 15.2. The van der Waals surface area contributed by atoms with Crippen LogP contribution in [0.3, 0.4) is 0 Å². The minimum atomic E-state index is 0.445. The van der Waals surface area contributed by atoms with Crippen LogP contribution >= 0.6 is 0 Å². The normalized spacial score (nSPS) is 13.7. The van der Waals surface area contributed by atoms with Crippen LogP contribution in [-0.4, -0.2) is 24.0 Å². The summed E-state index contributed by atoms with van der Waals surface area (Å²) < 4.78 is 0. The van der Waals surface area contributed by atoms with Crippen molar-refractivity contribution in [3.05, 3.63) is 53.7 Å². The molecule has 0 atom stereocenters. The van der Waals surface area contributed by atoms with Crippen LogP contribution in [0.4, 0.5) is 11.5 Å². The molecule has 0 saturated heterocycles. The third-order valence-corrected chi connectivity index (χ3v) is 3.74. The summed E-state index contributed by atoms with van der Waals surface area (Å²) in [5, 5.41) is 6.35. The molecule has 0 saturated carbocycles. The van der Waals surface area contributed by atoms with Gasteiger partial charge < -0.3 is 16.4 Å². The lowest BCUT2D eigenvalue weighted by Gasteiger charge is -2.08. The molecule has 0 radical (unpaired) electrons. The maximum atomic E-state index is 5.93. The van der Waals surface area contributed by atoms with Crippen LogP contribution in [0.25, 0.3) is 0 Å². The molecule has 0 unspecified atom stereocenters. The molecule has 0 bridgehead atoms. The number of aliphatic imine (C=N–C) groups is 1. The van der Waals surface area contributed by atoms with E-state index >= 15 is 0 Å². The average Bonchev–Trinajstić information content (AvgIpc) is 3.00. The molecule has 5 heteroatoms. The first-order valence-corrected chi connectivity index (χ1v) is 7.65. The van der Waals surface area contributed by atoms with Crippen LogP contribution in [0, 0.1) is 0 Å². The Bertz CT molecular complexity index is 651. The molecule has 2 aromatic rings. The number of aryl methyl sites for hydroxylation is 2. The second kappa shape index (κ2) is 6.93. The molecule has 1 aromatic heterocycles. The fraction of sp³-hybridized carbons (Fsp3) is 0.294. The van der Waals surface area contributed by atoms with Crippen molar-refractivity contribution < 1.29 is 0 Å². The van der Waals surface area contributed by atoms with Crippen molar-refractivity contribution in [1.82, 2.24) is 4.98 Å². The van der Waals surface area contributed by atoms with E-state index in [2.05, 4.69) is 38.8 Å². The van der Waals surface area contributed by atoms with Crippen molar-refractivity contribution in [3.63, 3.8) is 0 Å². The largest absolute Gasteiger partial charge is 0.370 e. The third-order valence-electron chi connectivity index (χ3n) is 3.74. The molecular weight excluding hydrogens is 274 g/mol. The Hall–Kier alpha value is -2.56. The maximum absolute atomic E-state index is 5.93. The minimum absolute atomic E-state index is 0.445. The molecule has 1 aromatic carbocycles. The molecule has 1 aliphatic carbocycles. The predicted octanol–water partition coefficient (Wildman–Crippen LogP) is 2.41. The van der Waals surface area contributed by atoms with E-state index in [1.54, 1.807) is 6.20 Å². The molecule has 5 nitrogen and oxygen atoms in total. The first kappa shape index (κ1) is 14.4. The smallest absolute Gasteiger partial charge is 0.193 e. The standard InChI is InChI=1S/C17H21N5/c18-17(21-11-10-20-16-6-1-2-9-19-16)22-15-8-7-13-4-3-5-14(13)12-15/h1-2,6-9,12H,3-5,10-11H2,(H,19,20)(H3,18,21,22). The van der Waals surface area contributed by atoms with Gasteiger partial charge in [-0.05, 0) is 54.7 Å². The second-order valence-electron chi connectivity index (χ2n) is 5.37. The van der Waals surface area contributed by atoms with E-state index in [0.29, 0.717) is 19.0 Å². The zero-order valence-corrected chi connectivity index (χ0v) is 12.5. The third kappa shape index (κ3) is 3.75. The van der Waals surface area contributed by atoms with Crippen LogP contribution in [0.2, 0.25) is 0 Å². The van der Waals surface area contributed by atoms with E-state index in [4.69, 9.17) is 5.73 Å². The number of nitrogens with one attached hydrogen (secondary N) is 2. The Kier molecular flexibility index (Phi) is 4.53. The molecule has 22 heavy (non-hydrogen) atoms. The van der Waals surface area contributed by atoms with E-state index in [9.17, 15) is 0 Å². The van der Waals surface area contributed by atoms with Gasteiger partial charge in [-0.2, -0.15) is 0 Å². The number of fused-ring (bicyclic) bond motifs is 1. The lowest BCUT2D eigenvalue weighted by atomic mass is 10.1. The number of nitrogens with zero attached hydrogens (tertiary/aromatic N) is 2. The Morgan fingerprint density at radius 1 is 1.18 bits per heavy atom. The highest BCUT2D eigenvalue weighted by molar-refractivity contribution is 5.92. The van der Waals surface area contributed by atoms with Crippen molar-refractivity contribution in [3.8, 4) is 0 Å². The van der Waals surface area contributed by atoms with E-state index < -0.39 is 0 Å². The highest BCUT2D eigenvalue weighted by atomic mass is 15.1. The molecule has 0 amide bonds. The van der Waals surface area contributed by atoms with Crippen molar-refractivity contribution in [1.29, 1.82) is 0 Å². The highest BCUT2D eigenvalue weighted by Crippen LogP contribution is 2.24. The van der Waals surface area contributed by atoms with E-state index in [-0.39, 0.29) is 0 Å². The van der Waals surface area contributed by atoms with Gasteiger partial charge in [-0.25, -0.2) is 4.98 Å². The monoisotopic (exact) mass is 295 g/mol. The number of aromatic nitrogens is 1. The fourth-order valence-electron chi connectivity index (χ4n) is 2.66. The van der Waals surface area contributed by atoms with Crippen molar-refractivity contribution in [2.45, 2.75) is 19.3 Å². The summed E-state index contributed by atoms with van der Waals surface area (Å²) in [5.41, 5.74) is 9.82. The van der Waals surface area contributed by atoms with Crippen LogP contribution in [0.15, 0.2) is 47.6 Å². The fourth-order valence-corrected chi connectivity index (χ4v) is 2.66. The second-order valence-corrected chi connectivity index (χ2v) is 5.37. The zero-order valence-electron chi connectivity index (χ0n) is 12.5. The van der Waals surface area contributed by atoms with Gasteiger partial charge in [0.2, 0.25) is 0 Å². The van der Waals surface area contributed by atoms with Gasteiger partial charge >= 0.3 is 0 Å². The predicted molar refractivity (Wildman–Crippen MR) is 91.3 cm³/mol. The number of hydrogen-bond donors (Lipinski definition) is 3. The van der Waals surface area contributed by atoms with Gasteiger partial charge in [0.25, 0.3) is 0 Å². The van der Waals surface area contributed by atoms with Gasteiger partial charge in [-0.3, -0.25) is 4.99 Å². The summed E-state index contributed by atoms with van der Waals surface area (Å²) in [5.74, 6) is 1.30. The Balaban J connectivity index is 1.48. The van der Waals surface area contributed by atoms with Crippen LogP contribution < -0.4 is 16.4 Å². The van der Waals surface area contributed by atoms with Crippen LogP contribution in [0.5, 0.6) is 0 Å². The highest BCUT2D eigenvalue weighted by Gasteiger charge is 2.10. The van der Waals surface area contributed by atoms with Crippen LogP contribution in [-0.2, 0) is 12.8 Å². The summed E-state index contributed by atoms with van der Waals surface area (Å²) in [7, 11) is 0. The first-order chi connectivity index (χ1) is 10.8. The summed E-state index contributed by atoms with van der Waals surface area (Å²) in [4.78, 5) is 8.51.